The molecule has 1 nitrogen and oxygen atoms in total. The Morgan fingerprint density at radius 3 is 1.94 bits per heavy atom. The Balaban J connectivity index is 3.73. The number of benzene rings is 1. The SMILES string of the molecule is N#Cc1c(CCl)ccc(C(F)(F)F)c1C(F)(F)F. The summed E-state index contributed by atoms with van der Waals surface area (Å²) in [7, 11) is 0. The molecule has 0 heterocycles. The highest BCUT2D eigenvalue weighted by Crippen LogP contribution is 2.42. The molecule has 1 aromatic carbocycles. The van der Waals surface area contributed by atoms with Gasteiger partial charge in [0, 0.05) is 5.88 Å². The van der Waals surface area contributed by atoms with Gasteiger partial charge in [-0.25, -0.2) is 0 Å². The zero-order valence-corrected chi connectivity index (χ0v) is 9.21. The maximum absolute atomic E-state index is 12.6. The molecule has 0 aromatic heterocycles. The molecule has 0 saturated carbocycles. The van der Waals surface area contributed by atoms with Crippen LogP contribution in [0.1, 0.15) is 22.3 Å². The third-order valence-electron chi connectivity index (χ3n) is 2.14. The maximum atomic E-state index is 12.6. The zero-order chi connectivity index (χ0) is 14.1. The van der Waals surface area contributed by atoms with E-state index < -0.39 is 34.9 Å². The first kappa shape index (κ1) is 14.6. The Labute approximate surface area is 103 Å². The Bertz CT molecular complexity index is 497. The van der Waals surface area contributed by atoms with Crippen LogP contribution in [0.25, 0.3) is 0 Å². The predicted molar refractivity (Wildman–Crippen MR) is 50.7 cm³/mol. The van der Waals surface area contributed by atoms with Crippen molar-refractivity contribution in [1.29, 1.82) is 5.26 Å². The van der Waals surface area contributed by atoms with Crippen LogP contribution in [0.3, 0.4) is 0 Å². The lowest BCUT2D eigenvalue weighted by molar-refractivity contribution is -0.162. The Kier molecular flexibility index (Phi) is 3.81. The van der Waals surface area contributed by atoms with E-state index in [9.17, 15) is 26.3 Å². The predicted octanol–water partition coefficient (Wildman–Crippen LogP) is 4.33. The number of rotatable bonds is 1. The standard InChI is InChI=1S/C10H4ClF6N/c11-3-5-1-2-7(9(12,13)14)8(6(5)4-18)10(15,16)17/h1-2H,3H2. The first-order valence-electron chi connectivity index (χ1n) is 4.39. The van der Waals surface area contributed by atoms with E-state index in [4.69, 9.17) is 16.9 Å². The molecule has 0 radical (unpaired) electrons. The van der Waals surface area contributed by atoms with Crippen LogP contribution in [0, 0.1) is 11.3 Å². The van der Waals surface area contributed by atoms with Gasteiger partial charge in [0.2, 0.25) is 0 Å². The van der Waals surface area contributed by atoms with Gasteiger partial charge in [0.25, 0.3) is 0 Å². The minimum atomic E-state index is -5.28. The molecule has 0 spiro atoms. The van der Waals surface area contributed by atoms with Crippen molar-refractivity contribution in [3.8, 4) is 6.07 Å². The second-order valence-corrected chi connectivity index (χ2v) is 3.53. The first-order valence-corrected chi connectivity index (χ1v) is 4.92. The quantitative estimate of drug-likeness (QED) is 0.557. The number of hydrogen-bond donors (Lipinski definition) is 0. The van der Waals surface area contributed by atoms with Crippen molar-refractivity contribution in [2.24, 2.45) is 0 Å². The Morgan fingerprint density at radius 1 is 1.06 bits per heavy atom. The smallest absolute Gasteiger partial charge is 0.192 e. The molecule has 0 aliphatic carbocycles. The fourth-order valence-electron chi connectivity index (χ4n) is 1.42. The van der Waals surface area contributed by atoms with E-state index in [0.29, 0.717) is 0 Å². The van der Waals surface area contributed by atoms with Crippen LogP contribution in [-0.4, -0.2) is 0 Å². The zero-order valence-electron chi connectivity index (χ0n) is 8.45. The molecule has 98 valence electrons. The normalized spacial score (nSPS) is 12.3. The van der Waals surface area contributed by atoms with E-state index in [1.165, 1.54) is 0 Å². The lowest BCUT2D eigenvalue weighted by Crippen LogP contribution is -2.19. The highest BCUT2D eigenvalue weighted by molar-refractivity contribution is 6.17. The molecule has 0 N–H and O–H groups in total. The Morgan fingerprint density at radius 2 is 1.61 bits per heavy atom. The first-order chi connectivity index (χ1) is 8.12. The number of nitriles is 1. The molecule has 0 amide bonds. The van der Waals surface area contributed by atoms with Crippen LogP contribution >= 0.6 is 11.6 Å². The van der Waals surface area contributed by atoms with Gasteiger partial charge < -0.3 is 0 Å². The van der Waals surface area contributed by atoms with Crippen molar-refractivity contribution in [2.45, 2.75) is 18.2 Å². The monoisotopic (exact) mass is 287 g/mol. The van der Waals surface area contributed by atoms with E-state index in [1.54, 1.807) is 0 Å². The molecule has 0 atom stereocenters. The molecule has 18 heavy (non-hydrogen) atoms. The van der Waals surface area contributed by atoms with E-state index >= 15 is 0 Å². The largest absolute Gasteiger partial charge is 0.418 e. The summed E-state index contributed by atoms with van der Waals surface area (Å²) in [4.78, 5) is 0. The van der Waals surface area contributed by atoms with Crippen molar-refractivity contribution in [3.05, 3.63) is 34.4 Å². The molecule has 0 fully saturated rings. The summed E-state index contributed by atoms with van der Waals surface area (Å²) < 4.78 is 75.4. The highest BCUT2D eigenvalue weighted by atomic mass is 35.5. The van der Waals surface area contributed by atoms with Crippen molar-refractivity contribution in [3.63, 3.8) is 0 Å². The van der Waals surface area contributed by atoms with Crippen LogP contribution in [-0.2, 0) is 18.2 Å². The van der Waals surface area contributed by atoms with Gasteiger partial charge in [-0.05, 0) is 11.6 Å². The van der Waals surface area contributed by atoms with Crippen molar-refractivity contribution in [1.82, 2.24) is 0 Å². The molecule has 1 rings (SSSR count). The minimum Gasteiger partial charge on any atom is -0.192 e. The summed E-state index contributed by atoms with van der Waals surface area (Å²) in [6.07, 6.45) is -10.5. The fourth-order valence-corrected chi connectivity index (χ4v) is 1.64. The summed E-state index contributed by atoms with van der Waals surface area (Å²) in [5.74, 6) is -0.482. The summed E-state index contributed by atoms with van der Waals surface area (Å²) in [5, 5.41) is 8.61. The van der Waals surface area contributed by atoms with Gasteiger partial charge in [0.15, 0.2) is 0 Å². The summed E-state index contributed by atoms with van der Waals surface area (Å²) >= 11 is 5.30. The van der Waals surface area contributed by atoms with Crippen LogP contribution in [0.5, 0.6) is 0 Å². The van der Waals surface area contributed by atoms with Gasteiger partial charge in [0.05, 0.1) is 16.7 Å². The second-order valence-electron chi connectivity index (χ2n) is 3.26. The summed E-state index contributed by atoms with van der Waals surface area (Å²) in [5.41, 5.74) is -5.26. The van der Waals surface area contributed by atoms with Crippen LogP contribution < -0.4 is 0 Å². The van der Waals surface area contributed by atoms with Gasteiger partial charge in [-0.15, -0.1) is 11.6 Å². The summed E-state index contributed by atoms with van der Waals surface area (Å²) in [6, 6.07) is 2.18. The van der Waals surface area contributed by atoms with Crippen LogP contribution in [0.15, 0.2) is 12.1 Å². The number of halogens is 7. The van der Waals surface area contributed by atoms with Crippen molar-refractivity contribution < 1.29 is 26.3 Å². The lowest BCUT2D eigenvalue weighted by Gasteiger charge is -2.18. The maximum Gasteiger partial charge on any atom is 0.418 e. The average Bonchev–Trinajstić information content (AvgIpc) is 2.24. The van der Waals surface area contributed by atoms with E-state index in [-0.39, 0.29) is 11.6 Å². The van der Waals surface area contributed by atoms with Gasteiger partial charge in [0.1, 0.15) is 6.07 Å². The van der Waals surface area contributed by atoms with E-state index in [0.717, 1.165) is 12.1 Å². The number of hydrogen-bond acceptors (Lipinski definition) is 1. The fraction of sp³-hybridized carbons (Fsp3) is 0.300. The van der Waals surface area contributed by atoms with Gasteiger partial charge in [-0.1, -0.05) is 6.07 Å². The molecular formula is C10H4ClF6N. The second kappa shape index (κ2) is 4.69. The topological polar surface area (TPSA) is 23.8 Å². The highest BCUT2D eigenvalue weighted by Gasteiger charge is 2.45. The average molecular weight is 288 g/mol. The number of nitrogens with zero attached hydrogens (tertiary/aromatic N) is 1. The molecule has 0 aliphatic rings. The number of alkyl halides is 7. The molecule has 0 saturated heterocycles. The molecule has 0 aliphatic heterocycles. The third kappa shape index (κ3) is 2.70. The molecule has 0 unspecified atom stereocenters. The molecule has 8 heteroatoms. The molecular weight excluding hydrogens is 284 g/mol. The van der Waals surface area contributed by atoms with Crippen molar-refractivity contribution >= 4 is 11.6 Å². The third-order valence-corrected chi connectivity index (χ3v) is 2.42. The van der Waals surface area contributed by atoms with E-state index in [1.807, 2.05) is 0 Å². The Hall–Kier alpha value is -1.42. The molecule has 1 aromatic rings. The van der Waals surface area contributed by atoms with Gasteiger partial charge >= 0.3 is 12.4 Å². The van der Waals surface area contributed by atoms with Gasteiger partial charge in [-0.3, -0.25) is 0 Å². The summed E-state index contributed by atoms with van der Waals surface area (Å²) in [6.45, 7) is 0. The van der Waals surface area contributed by atoms with Crippen LogP contribution in [0.2, 0.25) is 0 Å². The van der Waals surface area contributed by atoms with Gasteiger partial charge in [-0.2, -0.15) is 31.6 Å². The van der Waals surface area contributed by atoms with E-state index in [2.05, 4.69) is 0 Å². The lowest BCUT2D eigenvalue weighted by atomic mass is 9.96. The van der Waals surface area contributed by atoms with Crippen molar-refractivity contribution in [2.75, 3.05) is 0 Å². The van der Waals surface area contributed by atoms with Crippen LogP contribution in [0.4, 0.5) is 26.3 Å². The molecule has 0 bridgehead atoms. The minimum absolute atomic E-state index is 0.279.